The quantitative estimate of drug-likeness (QED) is 0.506. The molecule has 1 aromatic carbocycles. The summed E-state index contributed by atoms with van der Waals surface area (Å²) >= 11 is 0. The Morgan fingerprint density at radius 2 is 1.95 bits per heavy atom. The predicted molar refractivity (Wildman–Crippen MR) is 148 cm³/mol. The van der Waals surface area contributed by atoms with Crippen LogP contribution < -0.4 is 16.0 Å². The van der Waals surface area contributed by atoms with Gasteiger partial charge >= 0.3 is 6.09 Å². The maximum absolute atomic E-state index is 15.0. The van der Waals surface area contributed by atoms with Gasteiger partial charge in [0.05, 0.1) is 42.0 Å². The van der Waals surface area contributed by atoms with Crippen LogP contribution in [0.5, 0.6) is 0 Å². The van der Waals surface area contributed by atoms with Gasteiger partial charge in [0.15, 0.2) is 0 Å². The minimum Gasteiger partial charge on any atom is -0.453 e. The van der Waals surface area contributed by atoms with Crippen molar-refractivity contribution in [1.29, 1.82) is 0 Å². The number of halogens is 1. The molecule has 1 aliphatic carbocycles. The Labute approximate surface area is 227 Å². The van der Waals surface area contributed by atoms with Crippen molar-refractivity contribution < 1.29 is 18.7 Å². The molecular weight excluding hydrogens is 499 g/mol. The number of ether oxygens (including phenoxy) is 1. The Balaban J connectivity index is 1.39. The first-order valence-electron chi connectivity index (χ1n) is 13.5. The number of pyridine rings is 2. The largest absolute Gasteiger partial charge is 0.453 e. The smallest absolute Gasteiger partial charge is 0.409 e. The summed E-state index contributed by atoms with van der Waals surface area (Å²) in [7, 11) is 1.37. The fourth-order valence-corrected chi connectivity index (χ4v) is 5.99. The van der Waals surface area contributed by atoms with Crippen molar-refractivity contribution in [1.82, 2.24) is 14.9 Å². The Morgan fingerprint density at radius 3 is 2.74 bits per heavy atom. The van der Waals surface area contributed by atoms with E-state index in [9.17, 15) is 14.0 Å². The fourth-order valence-electron chi connectivity index (χ4n) is 5.99. The standard InChI is InChI=1S/C29H35FN6O3/c1-18-12-19(14-20(31)13-18)22-6-7-32-17-26(22)34-28(37)23-4-5-25(30)24-15-21(16-33-27(23)24)35-8-3-9-36(11-10-35)29(38)39-2/h4-7,15-20H,3,8-14,31H2,1-2H3,(H,34,37)/t18-,19+,20-/m0/s1. The van der Waals surface area contributed by atoms with Crippen LogP contribution in [0.1, 0.15) is 54.4 Å². The molecular formula is C29H35FN6O3. The van der Waals surface area contributed by atoms with Gasteiger partial charge in [-0.15, -0.1) is 0 Å². The van der Waals surface area contributed by atoms with Crippen LogP contribution in [0, 0.1) is 11.7 Å². The zero-order valence-electron chi connectivity index (χ0n) is 22.4. The Morgan fingerprint density at radius 1 is 1.10 bits per heavy atom. The molecule has 2 amide bonds. The molecule has 2 aromatic heterocycles. The Hall–Kier alpha value is -3.79. The molecule has 3 heterocycles. The lowest BCUT2D eigenvalue weighted by Gasteiger charge is -2.32. The molecule has 5 rings (SSSR count). The molecule has 0 unspecified atom stereocenters. The van der Waals surface area contributed by atoms with Crippen molar-refractivity contribution in [3.05, 3.63) is 59.8 Å². The summed E-state index contributed by atoms with van der Waals surface area (Å²) in [4.78, 5) is 37.9. The van der Waals surface area contributed by atoms with Gasteiger partial charge in [-0.1, -0.05) is 6.92 Å². The number of hydrogen-bond acceptors (Lipinski definition) is 7. The summed E-state index contributed by atoms with van der Waals surface area (Å²) in [5.41, 5.74) is 9.28. The summed E-state index contributed by atoms with van der Waals surface area (Å²) in [5, 5.41) is 3.28. The molecule has 0 bridgehead atoms. The maximum atomic E-state index is 15.0. The number of carbonyl (C=O) groups is 2. The number of aromatic nitrogens is 2. The first-order chi connectivity index (χ1) is 18.8. The highest BCUT2D eigenvalue weighted by Gasteiger charge is 2.28. The lowest BCUT2D eigenvalue weighted by molar-refractivity contribution is 0.102. The summed E-state index contributed by atoms with van der Waals surface area (Å²) < 4.78 is 19.8. The van der Waals surface area contributed by atoms with Crippen LogP contribution in [0.3, 0.4) is 0 Å². The van der Waals surface area contributed by atoms with E-state index in [0.29, 0.717) is 43.3 Å². The predicted octanol–water partition coefficient (Wildman–Crippen LogP) is 4.53. The van der Waals surface area contributed by atoms with Crippen molar-refractivity contribution in [3.63, 3.8) is 0 Å². The highest BCUT2D eigenvalue weighted by molar-refractivity contribution is 6.12. The average Bonchev–Trinajstić information content (AvgIpc) is 3.19. The number of anilines is 2. The third-order valence-electron chi connectivity index (χ3n) is 7.84. The van der Waals surface area contributed by atoms with Crippen LogP contribution in [-0.4, -0.2) is 66.2 Å². The Kier molecular flexibility index (Phi) is 7.92. The summed E-state index contributed by atoms with van der Waals surface area (Å²) in [6.45, 7) is 4.54. The summed E-state index contributed by atoms with van der Waals surface area (Å²) in [5.74, 6) is -0.0839. The molecule has 2 fully saturated rings. The minimum atomic E-state index is -0.450. The van der Waals surface area contributed by atoms with Gasteiger partial charge in [0.1, 0.15) is 5.82 Å². The van der Waals surface area contributed by atoms with Crippen LogP contribution in [0.2, 0.25) is 0 Å². The second-order valence-corrected chi connectivity index (χ2v) is 10.7. The minimum absolute atomic E-state index is 0.127. The number of methoxy groups -OCH3 is 1. The normalized spacial score (nSPS) is 21.9. The topological polar surface area (TPSA) is 114 Å². The van der Waals surface area contributed by atoms with Crippen molar-refractivity contribution in [2.24, 2.45) is 11.7 Å². The first-order valence-corrected chi connectivity index (χ1v) is 13.5. The van der Waals surface area contributed by atoms with Gasteiger partial charge in [-0.3, -0.25) is 14.8 Å². The second kappa shape index (κ2) is 11.5. The number of rotatable bonds is 4. The third kappa shape index (κ3) is 5.80. The molecule has 0 radical (unpaired) electrons. The molecule has 3 N–H and O–H groups in total. The van der Waals surface area contributed by atoms with Gasteiger partial charge in [0.25, 0.3) is 5.91 Å². The van der Waals surface area contributed by atoms with E-state index in [-0.39, 0.29) is 34.9 Å². The monoisotopic (exact) mass is 534 g/mol. The van der Waals surface area contributed by atoms with Crippen molar-refractivity contribution in [2.45, 2.75) is 44.6 Å². The molecule has 9 nitrogen and oxygen atoms in total. The van der Waals surface area contributed by atoms with E-state index < -0.39 is 5.82 Å². The van der Waals surface area contributed by atoms with Crippen LogP contribution >= 0.6 is 0 Å². The SMILES string of the molecule is COC(=O)N1CCCN(c2cnc3c(C(=O)Nc4cnccc4[C@@H]4C[C@H](C)C[C@H](N)C4)ccc(F)c3c2)CC1. The van der Waals surface area contributed by atoms with E-state index in [0.717, 1.165) is 36.9 Å². The number of amides is 2. The molecule has 3 atom stereocenters. The van der Waals surface area contributed by atoms with E-state index in [2.05, 4.69) is 27.1 Å². The van der Waals surface area contributed by atoms with Crippen LogP contribution in [0.4, 0.5) is 20.6 Å². The van der Waals surface area contributed by atoms with Crippen LogP contribution in [0.25, 0.3) is 10.9 Å². The van der Waals surface area contributed by atoms with Crippen LogP contribution in [-0.2, 0) is 4.74 Å². The molecule has 10 heteroatoms. The first kappa shape index (κ1) is 26.8. The molecule has 1 saturated heterocycles. The summed E-state index contributed by atoms with van der Waals surface area (Å²) in [6, 6.07) is 6.57. The number of nitrogens with two attached hydrogens (primary N) is 1. The van der Waals surface area contributed by atoms with E-state index in [1.165, 1.54) is 19.2 Å². The number of carbonyl (C=O) groups excluding carboxylic acids is 2. The van der Waals surface area contributed by atoms with Gasteiger partial charge in [-0.25, -0.2) is 9.18 Å². The molecule has 206 valence electrons. The fraction of sp³-hybridized carbons (Fsp3) is 0.448. The zero-order valence-corrected chi connectivity index (χ0v) is 22.4. The molecule has 0 spiro atoms. The molecule has 39 heavy (non-hydrogen) atoms. The van der Waals surface area contributed by atoms with Gasteiger partial charge < -0.3 is 25.6 Å². The summed E-state index contributed by atoms with van der Waals surface area (Å²) in [6.07, 6.45) is 8.30. The lowest BCUT2D eigenvalue weighted by Crippen LogP contribution is -2.35. The van der Waals surface area contributed by atoms with Crippen molar-refractivity contribution in [2.75, 3.05) is 43.5 Å². The van der Waals surface area contributed by atoms with Crippen molar-refractivity contribution in [3.8, 4) is 0 Å². The number of nitrogens with one attached hydrogen (secondary N) is 1. The third-order valence-corrected chi connectivity index (χ3v) is 7.84. The van der Waals surface area contributed by atoms with E-state index in [1.807, 2.05) is 6.07 Å². The highest BCUT2D eigenvalue weighted by atomic mass is 19.1. The van der Waals surface area contributed by atoms with Crippen molar-refractivity contribution >= 4 is 34.3 Å². The highest BCUT2D eigenvalue weighted by Crippen LogP contribution is 2.38. The van der Waals surface area contributed by atoms with E-state index in [4.69, 9.17) is 10.5 Å². The van der Waals surface area contributed by atoms with Gasteiger partial charge in [-0.2, -0.15) is 0 Å². The van der Waals surface area contributed by atoms with E-state index >= 15 is 0 Å². The van der Waals surface area contributed by atoms with Gasteiger partial charge in [0.2, 0.25) is 0 Å². The molecule has 1 aliphatic heterocycles. The van der Waals surface area contributed by atoms with Crippen LogP contribution in [0.15, 0.2) is 42.9 Å². The number of hydrogen-bond donors (Lipinski definition) is 2. The maximum Gasteiger partial charge on any atom is 0.409 e. The lowest BCUT2D eigenvalue weighted by atomic mass is 9.76. The van der Waals surface area contributed by atoms with E-state index in [1.54, 1.807) is 29.6 Å². The van der Waals surface area contributed by atoms with Gasteiger partial charge in [0, 0.05) is 43.8 Å². The number of fused-ring (bicyclic) bond motifs is 1. The number of benzene rings is 1. The zero-order chi connectivity index (χ0) is 27.5. The second-order valence-electron chi connectivity index (χ2n) is 10.7. The molecule has 1 saturated carbocycles. The molecule has 2 aliphatic rings. The van der Waals surface area contributed by atoms with Gasteiger partial charge in [-0.05, 0) is 67.3 Å². The Bertz CT molecular complexity index is 1360. The average molecular weight is 535 g/mol. The molecule has 3 aromatic rings. The number of nitrogens with zero attached hydrogens (tertiary/aromatic N) is 4.